The smallest absolute Gasteiger partial charge is 0.321 e. The molecule has 0 bridgehead atoms. The van der Waals surface area contributed by atoms with Gasteiger partial charge in [0.25, 0.3) is 0 Å². The molecule has 86 valence electrons. The molecule has 0 aromatic carbocycles. The van der Waals surface area contributed by atoms with E-state index in [1.165, 1.54) is 19.3 Å². The van der Waals surface area contributed by atoms with E-state index < -0.39 is 5.97 Å². The Morgan fingerprint density at radius 1 is 1.47 bits per heavy atom. The minimum atomic E-state index is -0.602. The standard InChI is InChI=1S/C12H21NO2/c1-2-3-9-6-7-13(8-9)11(12(14)15)10-4-5-10/h9-11H,2-8H2,1H3,(H,14,15). The Morgan fingerprint density at radius 2 is 2.20 bits per heavy atom. The van der Waals surface area contributed by atoms with Crippen molar-refractivity contribution >= 4 is 5.97 Å². The van der Waals surface area contributed by atoms with Gasteiger partial charge in [0.2, 0.25) is 0 Å². The van der Waals surface area contributed by atoms with E-state index in [0.29, 0.717) is 5.92 Å². The zero-order chi connectivity index (χ0) is 10.8. The van der Waals surface area contributed by atoms with Gasteiger partial charge in [0, 0.05) is 6.54 Å². The van der Waals surface area contributed by atoms with Gasteiger partial charge in [0.15, 0.2) is 0 Å². The average Bonchev–Trinajstić information content (AvgIpc) is 2.88. The Balaban J connectivity index is 1.89. The molecule has 2 rings (SSSR count). The van der Waals surface area contributed by atoms with Crippen molar-refractivity contribution in [1.29, 1.82) is 0 Å². The highest BCUT2D eigenvalue weighted by Gasteiger charge is 2.42. The summed E-state index contributed by atoms with van der Waals surface area (Å²) in [6, 6.07) is -0.174. The van der Waals surface area contributed by atoms with E-state index in [1.807, 2.05) is 0 Å². The summed E-state index contributed by atoms with van der Waals surface area (Å²) >= 11 is 0. The van der Waals surface area contributed by atoms with Crippen molar-refractivity contribution in [2.75, 3.05) is 13.1 Å². The predicted octanol–water partition coefficient (Wildman–Crippen LogP) is 1.97. The van der Waals surface area contributed by atoms with Crippen molar-refractivity contribution in [1.82, 2.24) is 4.90 Å². The Labute approximate surface area is 91.5 Å². The van der Waals surface area contributed by atoms with Crippen LogP contribution >= 0.6 is 0 Å². The molecule has 0 spiro atoms. The molecule has 0 amide bonds. The van der Waals surface area contributed by atoms with E-state index >= 15 is 0 Å². The molecule has 15 heavy (non-hydrogen) atoms. The highest BCUT2D eigenvalue weighted by atomic mass is 16.4. The molecular weight excluding hydrogens is 190 g/mol. The second-order valence-electron chi connectivity index (χ2n) is 5.06. The SMILES string of the molecule is CCCC1CCN(C(C(=O)O)C2CC2)C1. The van der Waals surface area contributed by atoms with Crippen molar-refractivity contribution in [2.24, 2.45) is 11.8 Å². The van der Waals surface area contributed by atoms with Crippen LogP contribution in [-0.2, 0) is 4.79 Å². The van der Waals surface area contributed by atoms with Crippen LogP contribution in [0.5, 0.6) is 0 Å². The second-order valence-corrected chi connectivity index (χ2v) is 5.06. The third-order valence-corrected chi connectivity index (χ3v) is 3.73. The molecule has 1 aliphatic carbocycles. The first kappa shape index (κ1) is 10.9. The van der Waals surface area contributed by atoms with Crippen LogP contribution in [0.2, 0.25) is 0 Å². The molecule has 1 N–H and O–H groups in total. The van der Waals surface area contributed by atoms with E-state index in [1.54, 1.807) is 0 Å². The zero-order valence-corrected chi connectivity index (χ0v) is 9.48. The third-order valence-electron chi connectivity index (χ3n) is 3.73. The molecule has 2 fully saturated rings. The molecular formula is C12H21NO2. The summed E-state index contributed by atoms with van der Waals surface area (Å²) in [5.41, 5.74) is 0. The molecule has 2 atom stereocenters. The molecule has 1 saturated heterocycles. The van der Waals surface area contributed by atoms with E-state index in [0.717, 1.165) is 31.8 Å². The second kappa shape index (κ2) is 4.52. The minimum absolute atomic E-state index is 0.174. The molecule has 1 heterocycles. The van der Waals surface area contributed by atoms with Crippen LogP contribution in [0, 0.1) is 11.8 Å². The molecule has 3 nitrogen and oxygen atoms in total. The molecule has 2 aliphatic rings. The predicted molar refractivity (Wildman–Crippen MR) is 58.7 cm³/mol. The summed E-state index contributed by atoms with van der Waals surface area (Å²) < 4.78 is 0. The first-order valence-electron chi connectivity index (χ1n) is 6.19. The first-order chi connectivity index (χ1) is 7.22. The fourth-order valence-corrected chi connectivity index (χ4v) is 2.83. The van der Waals surface area contributed by atoms with Gasteiger partial charge < -0.3 is 5.11 Å². The van der Waals surface area contributed by atoms with Crippen molar-refractivity contribution in [3.05, 3.63) is 0 Å². The fourth-order valence-electron chi connectivity index (χ4n) is 2.83. The number of nitrogens with zero attached hydrogens (tertiary/aromatic N) is 1. The maximum absolute atomic E-state index is 11.2. The lowest BCUT2D eigenvalue weighted by Gasteiger charge is -2.24. The first-order valence-corrected chi connectivity index (χ1v) is 6.19. The fraction of sp³-hybridized carbons (Fsp3) is 0.917. The van der Waals surface area contributed by atoms with E-state index in [9.17, 15) is 9.90 Å². The Hall–Kier alpha value is -0.570. The highest BCUT2D eigenvalue weighted by Crippen LogP contribution is 2.37. The number of carboxylic acid groups (broad SMARTS) is 1. The van der Waals surface area contributed by atoms with Gasteiger partial charge in [0.05, 0.1) is 0 Å². The Bertz CT molecular complexity index is 238. The summed E-state index contributed by atoms with van der Waals surface area (Å²) in [7, 11) is 0. The van der Waals surface area contributed by atoms with Gasteiger partial charge >= 0.3 is 5.97 Å². The quantitative estimate of drug-likeness (QED) is 0.756. The maximum atomic E-state index is 11.2. The number of likely N-dealkylation sites (tertiary alicyclic amines) is 1. The zero-order valence-electron chi connectivity index (χ0n) is 9.48. The topological polar surface area (TPSA) is 40.5 Å². The number of carboxylic acids is 1. The lowest BCUT2D eigenvalue weighted by Crippen LogP contribution is -2.41. The Morgan fingerprint density at radius 3 is 2.73 bits per heavy atom. The summed E-state index contributed by atoms with van der Waals surface area (Å²) in [4.78, 5) is 13.4. The van der Waals surface area contributed by atoms with Gasteiger partial charge in [-0.3, -0.25) is 9.69 Å². The van der Waals surface area contributed by atoms with Crippen LogP contribution < -0.4 is 0 Å². The van der Waals surface area contributed by atoms with Crippen LogP contribution in [0.4, 0.5) is 0 Å². The van der Waals surface area contributed by atoms with Crippen LogP contribution in [0.3, 0.4) is 0 Å². The summed E-state index contributed by atoms with van der Waals surface area (Å²) in [5.74, 6) is 0.591. The van der Waals surface area contributed by atoms with Crippen LogP contribution in [-0.4, -0.2) is 35.1 Å². The molecule has 0 aromatic heterocycles. The van der Waals surface area contributed by atoms with Crippen molar-refractivity contribution < 1.29 is 9.90 Å². The largest absolute Gasteiger partial charge is 0.480 e. The summed E-state index contributed by atoms with van der Waals surface area (Å²) in [5, 5.41) is 9.22. The van der Waals surface area contributed by atoms with E-state index in [-0.39, 0.29) is 6.04 Å². The normalized spacial score (nSPS) is 29.3. The summed E-state index contributed by atoms with van der Waals surface area (Å²) in [6.45, 7) is 4.22. The Kier molecular flexibility index (Phi) is 3.29. The van der Waals surface area contributed by atoms with Crippen LogP contribution in [0.15, 0.2) is 0 Å². The van der Waals surface area contributed by atoms with Gasteiger partial charge in [-0.15, -0.1) is 0 Å². The molecule has 3 heteroatoms. The number of carbonyl (C=O) groups is 1. The molecule has 0 aromatic rings. The van der Waals surface area contributed by atoms with Gasteiger partial charge in [-0.25, -0.2) is 0 Å². The third kappa shape index (κ3) is 2.51. The molecule has 1 saturated carbocycles. The van der Waals surface area contributed by atoms with Crippen molar-refractivity contribution in [2.45, 2.75) is 45.1 Å². The highest BCUT2D eigenvalue weighted by molar-refractivity contribution is 5.74. The summed E-state index contributed by atoms with van der Waals surface area (Å²) in [6.07, 6.45) is 5.91. The minimum Gasteiger partial charge on any atom is -0.480 e. The lowest BCUT2D eigenvalue weighted by molar-refractivity contribution is -0.143. The van der Waals surface area contributed by atoms with Crippen molar-refractivity contribution in [3.8, 4) is 0 Å². The van der Waals surface area contributed by atoms with Crippen LogP contribution in [0.1, 0.15) is 39.0 Å². The molecule has 1 aliphatic heterocycles. The average molecular weight is 211 g/mol. The maximum Gasteiger partial charge on any atom is 0.321 e. The molecule has 2 unspecified atom stereocenters. The van der Waals surface area contributed by atoms with Crippen LogP contribution in [0.25, 0.3) is 0 Å². The number of hydrogen-bond donors (Lipinski definition) is 1. The number of hydrogen-bond acceptors (Lipinski definition) is 2. The number of aliphatic carboxylic acids is 1. The number of rotatable bonds is 5. The monoisotopic (exact) mass is 211 g/mol. The van der Waals surface area contributed by atoms with Crippen molar-refractivity contribution in [3.63, 3.8) is 0 Å². The molecule has 0 radical (unpaired) electrons. The van der Waals surface area contributed by atoms with Gasteiger partial charge in [-0.05, 0) is 44.1 Å². The van der Waals surface area contributed by atoms with Gasteiger partial charge in [-0.1, -0.05) is 13.3 Å². The lowest BCUT2D eigenvalue weighted by atomic mass is 10.0. The van der Waals surface area contributed by atoms with Gasteiger partial charge in [-0.2, -0.15) is 0 Å². The van der Waals surface area contributed by atoms with Gasteiger partial charge in [0.1, 0.15) is 6.04 Å². The van der Waals surface area contributed by atoms with E-state index in [2.05, 4.69) is 11.8 Å². The van der Waals surface area contributed by atoms with E-state index in [4.69, 9.17) is 0 Å².